The van der Waals surface area contributed by atoms with E-state index in [-0.39, 0.29) is 11.1 Å². The lowest BCUT2D eigenvalue weighted by molar-refractivity contribution is 0.632. The van der Waals surface area contributed by atoms with E-state index in [0.717, 1.165) is 35.4 Å². The summed E-state index contributed by atoms with van der Waals surface area (Å²) in [4.78, 5) is 12.4. The van der Waals surface area contributed by atoms with E-state index in [4.69, 9.17) is 5.26 Å². The normalized spacial score (nSPS) is 19.7. The van der Waals surface area contributed by atoms with Gasteiger partial charge in [-0.25, -0.2) is 4.68 Å². The van der Waals surface area contributed by atoms with Gasteiger partial charge in [0.15, 0.2) is 0 Å². The molecule has 0 fully saturated rings. The predicted octanol–water partition coefficient (Wildman–Crippen LogP) is 3.47. The lowest BCUT2D eigenvalue weighted by atomic mass is 9.85. The second-order valence-electron chi connectivity index (χ2n) is 5.99. The Balaban J connectivity index is 2.56. The first-order chi connectivity index (χ1) is 10.3. The highest BCUT2D eigenvalue weighted by Crippen LogP contribution is 2.26. The Hall–Kier alpha value is -2.41. The van der Waals surface area contributed by atoms with Crippen LogP contribution >= 0.6 is 0 Å². The molecule has 0 spiro atoms. The van der Waals surface area contributed by atoms with E-state index in [0.29, 0.717) is 11.5 Å². The summed E-state index contributed by atoms with van der Waals surface area (Å²) in [6, 6.07) is 3.80. The molecule has 0 saturated heterocycles. The van der Waals surface area contributed by atoms with Gasteiger partial charge in [-0.2, -0.15) is 10.4 Å². The van der Waals surface area contributed by atoms with Crippen molar-refractivity contribution < 1.29 is 0 Å². The largest absolute Gasteiger partial charge is 0.289 e. The Bertz CT molecular complexity index is 788. The summed E-state index contributed by atoms with van der Waals surface area (Å²) < 4.78 is 1.35. The van der Waals surface area contributed by atoms with Gasteiger partial charge in [0.05, 0.1) is 5.71 Å². The molecule has 2 rings (SSSR count). The zero-order chi connectivity index (χ0) is 16.4. The number of aromatic nitrogens is 1. The van der Waals surface area contributed by atoms with Crippen molar-refractivity contribution in [1.29, 1.82) is 5.26 Å². The summed E-state index contributed by atoms with van der Waals surface area (Å²) in [6.45, 7) is 11.7. The Labute approximate surface area is 131 Å². The van der Waals surface area contributed by atoms with Crippen molar-refractivity contribution >= 4 is 5.71 Å². The van der Waals surface area contributed by atoms with Crippen molar-refractivity contribution in [3.05, 3.63) is 57.0 Å². The summed E-state index contributed by atoms with van der Waals surface area (Å²) in [5.41, 5.74) is 4.33. The highest BCUT2D eigenvalue weighted by molar-refractivity contribution is 6.00. The molecule has 0 radical (unpaired) electrons. The van der Waals surface area contributed by atoms with Gasteiger partial charge in [0.1, 0.15) is 11.6 Å². The van der Waals surface area contributed by atoms with Crippen LogP contribution in [0, 0.1) is 31.1 Å². The van der Waals surface area contributed by atoms with Crippen molar-refractivity contribution in [2.24, 2.45) is 11.0 Å². The number of nitrogens with zero attached hydrogens (tertiary/aromatic N) is 3. The van der Waals surface area contributed by atoms with Gasteiger partial charge in [-0.3, -0.25) is 4.79 Å². The maximum atomic E-state index is 12.4. The monoisotopic (exact) mass is 295 g/mol. The maximum Gasteiger partial charge on any atom is 0.289 e. The molecule has 0 saturated carbocycles. The zero-order valence-corrected chi connectivity index (χ0v) is 13.6. The molecule has 114 valence electrons. The molecule has 1 aromatic rings. The van der Waals surface area contributed by atoms with E-state index in [2.05, 4.69) is 17.8 Å². The van der Waals surface area contributed by atoms with Crippen LogP contribution in [0.5, 0.6) is 0 Å². The van der Waals surface area contributed by atoms with Crippen molar-refractivity contribution in [1.82, 2.24) is 4.68 Å². The van der Waals surface area contributed by atoms with E-state index >= 15 is 0 Å². The zero-order valence-electron chi connectivity index (χ0n) is 13.6. The van der Waals surface area contributed by atoms with Gasteiger partial charge in [0.2, 0.25) is 0 Å². The number of rotatable bonds is 2. The molecule has 1 aromatic heterocycles. The van der Waals surface area contributed by atoms with Gasteiger partial charge in [-0.15, -0.1) is 0 Å². The van der Waals surface area contributed by atoms with Crippen LogP contribution < -0.4 is 5.56 Å². The Morgan fingerprint density at radius 3 is 2.73 bits per heavy atom. The highest BCUT2D eigenvalue weighted by atomic mass is 16.1. The van der Waals surface area contributed by atoms with Crippen LogP contribution in [0.2, 0.25) is 0 Å². The van der Waals surface area contributed by atoms with Crippen LogP contribution in [0.25, 0.3) is 0 Å². The van der Waals surface area contributed by atoms with Crippen LogP contribution in [-0.2, 0) is 0 Å². The van der Waals surface area contributed by atoms with Gasteiger partial charge in [-0.05, 0) is 63.7 Å². The smallest absolute Gasteiger partial charge is 0.266 e. The summed E-state index contributed by atoms with van der Waals surface area (Å²) in [6.07, 6.45) is 3.88. The molecule has 0 bridgehead atoms. The molecular weight excluding hydrogens is 274 g/mol. The molecule has 0 aliphatic heterocycles. The fourth-order valence-corrected chi connectivity index (χ4v) is 2.67. The van der Waals surface area contributed by atoms with Crippen molar-refractivity contribution in [2.75, 3.05) is 0 Å². The third kappa shape index (κ3) is 2.94. The number of hydrogen-bond acceptors (Lipinski definition) is 3. The van der Waals surface area contributed by atoms with E-state index in [9.17, 15) is 4.79 Å². The average molecular weight is 295 g/mol. The Kier molecular flexibility index (Phi) is 4.46. The van der Waals surface area contributed by atoms with Gasteiger partial charge < -0.3 is 0 Å². The van der Waals surface area contributed by atoms with Gasteiger partial charge in [0.25, 0.3) is 5.56 Å². The van der Waals surface area contributed by atoms with E-state index in [1.165, 1.54) is 4.68 Å². The molecule has 1 aliphatic carbocycles. The fourth-order valence-electron chi connectivity index (χ4n) is 2.67. The number of pyridine rings is 1. The van der Waals surface area contributed by atoms with Gasteiger partial charge in [0, 0.05) is 5.69 Å². The predicted molar refractivity (Wildman–Crippen MR) is 89.0 cm³/mol. The number of allylic oxidation sites excluding steroid dienone is 3. The highest BCUT2D eigenvalue weighted by Gasteiger charge is 2.19. The molecule has 1 aliphatic rings. The molecule has 4 heteroatoms. The van der Waals surface area contributed by atoms with Crippen molar-refractivity contribution in [2.45, 2.75) is 40.5 Å². The third-order valence-electron chi connectivity index (χ3n) is 4.19. The van der Waals surface area contributed by atoms with Crippen LogP contribution in [0.3, 0.4) is 0 Å². The number of nitriles is 1. The minimum atomic E-state index is -0.349. The SMILES string of the molecule is C=C(C)C1CC=C(C)C(=Nn2c(C)cc(C)c(C#N)c2=O)C1. The number of hydrogen-bond donors (Lipinski definition) is 0. The Morgan fingerprint density at radius 1 is 1.45 bits per heavy atom. The van der Waals surface area contributed by atoms with Crippen molar-refractivity contribution in [3.63, 3.8) is 0 Å². The molecule has 0 N–H and O–H groups in total. The van der Waals surface area contributed by atoms with Gasteiger partial charge >= 0.3 is 0 Å². The molecule has 4 nitrogen and oxygen atoms in total. The summed E-state index contributed by atoms with van der Waals surface area (Å²) in [7, 11) is 0. The quantitative estimate of drug-likeness (QED) is 0.784. The topological polar surface area (TPSA) is 58.1 Å². The summed E-state index contributed by atoms with van der Waals surface area (Å²) in [5.74, 6) is 0.361. The van der Waals surface area contributed by atoms with Crippen LogP contribution in [0.1, 0.15) is 43.5 Å². The van der Waals surface area contributed by atoms with Crippen molar-refractivity contribution in [3.8, 4) is 6.07 Å². The summed E-state index contributed by atoms with van der Waals surface area (Å²) >= 11 is 0. The van der Waals surface area contributed by atoms with Gasteiger partial charge in [-0.1, -0.05) is 18.2 Å². The first kappa shape index (κ1) is 16.0. The lowest BCUT2D eigenvalue weighted by Gasteiger charge is -2.22. The lowest BCUT2D eigenvalue weighted by Crippen LogP contribution is -2.25. The van der Waals surface area contributed by atoms with Crippen LogP contribution in [0.15, 0.2) is 39.8 Å². The molecule has 1 atom stereocenters. The first-order valence-corrected chi connectivity index (χ1v) is 7.39. The first-order valence-electron chi connectivity index (χ1n) is 7.39. The van der Waals surface area contributed by atoms with Crippen LogP contribution in [-0.4, -0.2) is 10.4 Å². The Morgan fingerprint density at radius 2 is 2.14 bits per heavy atom. The fraction of sp³-hybridized carbons (Fsp3) is 0.389. The number of aryl methyl sites for hydroxylation is 2. The minimum absolute atomic E-state index is 0.156. The molecule has 0 aromatic carbocycles. The van der Waals surface area contributed by atoms with E-state index in [1.54, 1.807) is 6.92 Å². The maximum absolute atomic E-state index is 12.4. The second kappa shape index (κ2) is 6.15. The second-order valence-corrected chi connectivity index (χ2v) is 5.99. The van der Waals surface area contributed by atoms with E-state index in [1.807, 2.05) is 32.9 Å². The molecule has 0 amide bonds. The van der Waals surface area contributed by atoms with E-state index < -0.39 is 0 Å². The summed E-state index contributed by atoms with van der Waals surface area (Å²) in [5, 5.41) is 13.7. The molecule has 1 heterocycles. The standard InChI is InChI=1S/C18H21N3O/c1-11(2)15-7-6-12(3)17(9-15)20-21-14(5)8-13(4)16(10-19)18(21)22/h6,8,15H,1,7,9H2,2-5H3. The molecular formula is C18H21N3O. The van der Waals surface area contributed by atoms with Crippen LogP contribution in [0.4, 0.5) is 0 Å². The molecule has 22 heavy (non-hydrogen) atoms. The molecule has 1 unspecified atom stereocenters. The minimum Gasteiger partial charge on any atom is -0.266 e. The third-order valence-corrected chi connectivity index (χ3v) is 4.19. The average Bonchev–Trinajstić information content (AvgIpc) is 2.45.